The van der Waals surface area contributed by atoms with E-state index in [1.54, 1.807) is 0 Å². The quantitative estimate of drug-likeness (QED) is 0.847. The molecule has 5 nitrogen and oxygen atoms in total. The Kier molecular flexibility index (Phi) is 4.12. The van der Waals surface area contributed by atoms with Gasteiger partial charge in [-0.05, 0) is 43.4 Å². The van der Waals surface area contributed by atoms with Gasteiger partial charge >= 0.3 is 0 Å². The minimum atomic E-state index is -0.458. The van der Waals surface area contributed by atoms with Crippen LogP contribution in [0.15, 0.2) is 24.3 Å². The zero-order chi connectivity index (χ0) is 14.8. The monoisotopic (exact) mass is 289 g/mol. The summed E-state index contributed by atoms with van der Waals surface area (Å²) in [6, 6.07) is 9.58. The lowest BCUT2D eigenvalue weighted by atomic mass is 9.97. The van der Waals surface area contributed by atoms with E-state index in [-0.39, 0.29) is 6.61 Å². The fourth-order valence-corrected chi connectivity index (χ4v) is 3.63. The van der Waals surface area contributed by atoms with Gasteiger partial charge in [-0.15, -0.1) is 0 Å². The number of hydrogen-bond donors (Lipinski definition) is 2. The summed E-state index contributed by atoms with van der Waals surface area (Å²) in [6.45, 7) is 0.895. The first-order valence-electron chi connectivity index (χ1n) is 7.63. The molecule has 1 aromatic carbocycles. The van der Waals surface area contributed by atoms with Crippen LogP contribution in [0.25, 0.3) is 0 Å². The lowest BCUT2D eigenvalue weighted by Gasteiger charge is -2.37. The maximum atomic E-state index is 10.7. The van der Waals surface area contributed by atoms with E-state index in [0.29, 0.717) is 23.9 Å². The van der Waals surface area contributed by atoms with Gasteiger partial charge in [0.25, 0.3) is 5.91 Å². The third kappa shape index (κ3) is 3.36. The number of hydrogen-bond acceptors (Lipinski definition) is 4. The molecular weight excluding hydrogens is 266 g/mol. The van der Waals surface area contributed by atoms with E-state index in [1.165, 1.54) is 18.4 Å². The number of benzene rings is 1. The van der Waals surface area contributed by atoms with Crippen LogP contribution < -0.4 is 16.2 Å². The normalized spacial score (nSPS) is 28.5. The average molecular weight is 289 g/mol. The predicted molar refractivity (Wildman–Crippen MR) is 80.7 cm³/mol. The van der Waals surface area contributed by atoms with Gasteiger partial charge in [-0.1, -0.05) is 12.1 Å². The second-order valence-electron chi connectivity index (χ2n) is 6.19. The smallest absolute Gasteiger partial charge is 0.255 e. The number of carbonyl (C=O) groups is 1. The highest BCUT2D eigenvalue weighted by atomic mass is 16.5. The molecule has 21 heavy (non-hydrogen) atoms. The Balaban J connectivity index is 1.59. The van der Waals surface area contributed by atoms with E-state index in [2.05, 4.69) is 17.0 Å². The molecule has 114 valence electrons. The van der Waals surface area contributed by atoms with Crippen molar-refractivity contribution in [3.05, 3.63) is 29.8 Å². The van der Waals surface area contributed by atoms with Crippen molar-refractivity contribution in [1.82, 2.24) is 4.90 Å². The Labute approximate surface area is 125 Å². The van der Waals surface area contributed by atoms with Crippen molar-refractivity contribution in [3.8, 4) is 5.75 Å². The summed E-state index contributed by atoms with van der Waals surface area (Å²) in [5.74, 6) is 0.224. The largest absolute Gasteiger partial charge is 0.484 e. The average Bonchev–Trinajstić information content (AvgIpc) is 2.69. The van der Waals surface area contributed by atoms with Gasteiger partial charge in [-0.25, -0.2) is 0 Å². The summed E-state index contributed by atoms with van der Waals surface area (Å²) in [6.07, 6.45) is 4.79. The number of nitrogens with zero attached hydrogens (tertiary/aromatic N) is 1. The third-order valence-electron chi connectivity index (χ3n) is 4.59. The van der Waals surface area contributed by atoms with Crippen LogP contribution in [-0.2, 0) is 11.3 Å². The van der Waals surface area contributed by atoms with E-state index in [9.17, 15) is 4.79 Å². The molecule has 0 radical (unpaired) electrons. The van der Waals surface area contributed by atoms with Crippen molar-refractivity contribution in [2.45, 2.75) is 50.4 Å². The van der Waals surface area contributed by atoms with Gasteiger partial charge in [-0.3, -0.25) is 9.69 Å². The topological polar surface area (TPSA) is 81.6 Å². The summed E-state index contributed by atoms with van der Waals surface area (Å²) < 4.78 is 5.28. The number of carbonyl (C=O) groups excluding carboxylic acids is 1. The second kappa shape index (κ2) is 6.03. The Morgan fingerprint density at radius 3 is 2.38 bits per heavy atom. The molecule has 5 heteroatoms. The highest BCUT2D eigenvalue weighted by Crippen LogP contribution is 2.36. The van der Waals surface area contributed by atoms with Crippen molar-refractivity contribution in [3.63, 3.8) is 0 Å². The van der Waals surface area contributed by atoms with Crippen LogP contribution in [0.3, 0.4) is 0 Å². The number of primary amides is 1. The van der Waals surface area contributed by atoms with Crippen molar-refractivity contribution >= 4 is 5.91 Å². The molecule has 2 aliphatic heterocycles. The number of piperidine rings is 1. The molecule has 2 atom stereocenters. The molecule has 4 N–H and O–H groups in total. The second-order valence-corrected chi connectivity index (χ2v) is 6.19. The molecule has 0 aromatic heterocycles. The zero-order valence-corrected chi connectivity index (χ0v) is 12.2. The van der Waals surface area contributed by atoms with Crippen molar-refractivity contribution in [1.29, 1.82) is 0 Å². The lowest BCUT2D eigenvalue weighted by Crippen LogP contribution is -2.46. The van der Waals surface area contributed by atoms with Crippen LogP contribution in [0.5, 0.6) is 5.75 Å². The van der Waals surface area contributed by atoms with E-state index in [0.717, 1.165) is 19.4 Å². The van der Waals surface area contributed by atoms with Crippen LogP contribution >= 0.6 is 0 Å². The van der Waals surface area contributed by atoms with Gasteiger partial charge < -0.3 is 16.2 Å². The molecule has 0 aliphatic carbocycles. The Hall–Kier alpha value is -1.59. The fourth-order valence-electron chi connectivity index (χ4n) is 3.63. The van der Waals surface area contributed by atoms with Crippen molar-refractivity contribution < 1.29 is 9.53 Å². The van der Waals surface area contributed by atoms with E-state index in [4.69, 9.17) is 16.2 Å². The highest BCUT2D eigenvalue weighted by molar-refractivity contribution is 5.75. The third-order valence-corrected chi connectivity index (χ3v) is 4.59. The molecule has 0 spiro atoms. The van der Waals surface area contributed by atoms with Gasteiger partial charge in [0, 0.05) is 24.7 Å². The van der Waals surface area contributed by atoms with Crippen molar-refractivity contribution in [2.75, 3.05) is 6.61 Å². The van der Waals surface area contributed by atoms with E-state index in [1.807, 2.05) is 12.1 Å². The number of amides is 1. The minimum Gasteiger partial charge on any atom is -0.484 e. The molecule has 2 bridgehead atoms. The number of ether oxygens (including phenoxy) is 1. The number of rotatable bonds is 5. The molecule has 1 amide bonds. The summed E-state index contributed by atoms with van der Waals surface area (Å²) >= 11 is 0. The molecule has 2 heterocycles. The first kappa shape index (κ1) is 14.4. The summed E-state index contributed by atoms with van der Waals surface area (Å²) in [5, 5.41) is 0. The molecule has 3 rings (SSSR count). The molecule has 0 saturated carbocycles. The van der Waals surface area contributed by atoms with Gasteiger partial charge in [0.1, 0.15) is 5.75 Å². The molecular formula is C16H23N3O2. The fraction of sp³-hybridized carbons (Fsp3) is 0.562. The Morgan fingerprint density at radius 1 is 1.19 bits per heavy atom. The van der Waals surface area contributed by atoms with Crippen LogP contribution in [-0.4, -0.2) is 35.5 Å². The van der Waals surface area contributed by atoms with Crippen molar-refractivity contribution in [2.24, 2.45) is 11.5 Å². The van der Waals surface area contributed by atoms with Gasteiger partial charge in [0.05, 0.1) is 0 Å². The molecule has 2 saturated heterocycles. The van der Waals surface area contributed by atoms with E-state index >= 15 is 0 Å². The lowest BCUT2D eigenvalue weighted by molar-refractivity contribution is -0.119. The molecule has 2 unspecified atom stereocenters. The SMILES string of the molecule is NC(=O)COc1ccc(CN2C3CCC2CC(N)C3)cc1. The van der Waals surface area contributed by atoms with Crippen LogP contribution in [0.1, 0.15) is 31.2 Å². The Morgan fingerprint density at radius 2 is 1.81 bits per heavy atom. The van der Waals surface area contributed by atoms with Crippen LogP contribution in [0.2, 0.25) is 0 Å². The summed E-state index contributed by atoms with van der Waals surface area (Å²) in [7, 11) is 0. The van der Waals surface area contributed by atoms with Gasteiger partial charge in [0.15, 0.2) is 6.61 Å². The molecule has 1 aromatic rings. The van der Waals surface area contributed by atoms with Gasteiger partial charge in [0.2, 0.25) is 0 Å². The van der Waals surface area contributed by atoms with Crippen LogP contribution in [0, 0.1) is 0 Å². The minimum absolute atomic E-state index is 0.0759. The molecule has 2 fully saturated rings. The first-order valence-corrected chi connectivity index (χ1v) is 7.63. The molecule has 2 aliphatic rings. The maximum absolute atomic E-state index is 10.7. The summed E-state index contributed by atoms with van der Waals surface area (Å²) in [4.78, 5) is 13.3. The van der Waals surface area contributed by atoms with Crippen LogP contribution in [0.4, 0.5) is 0 Å². The number of fused-ring (bicyclic) bond motifs is 2. The summed E-state index contributed by atoms with van der Waals surface area (Å²) in [5.41, 5.74) is 12.4. The maximum Gasteiger partial charge on any atom is 0.255 e. The standard InChI is InChI=1S/C16H23N3O2/c17-12-7-13-3-4-14(8-12)19(13)9-11-1-5-15(6-2-11)21-10-16(18)20/h1-2,5-6,12-14H,3-4,7-10,17H2,(H2,18,20). The predicted octanol–water partition coefficient (Wildman–Crippen LogP) is 1.00. The first-order chi connectivity index (χ1) is 10.1. The van der Waals surface area contributed by atoms with Gasteiger partial charge in [-0.2, -0.15) is 0 Å². The Bertz CT molecular complexity index is 489. The number of nitrogens with two attached hydrogens (primary N) is 2. The highest BCUT2D eigenvalue weighted by Gasteiger charge is 2.39. The van der Waals surface area contributed by atoms with E-state index < -0.39 is 5.91 Å². The zero-order valence-electron chi connectivity index (χ0n) is 12.2.